The summed E-state index contributed by atoms with van der Waals surface area (Å²) in [6, 6.07) is 12.4. The SMILES string of the molecule is CC(C)[C@H](NC(=O)[C@H](Cc1ccccc1)NC(=O)CNC(=O)[C@H](Cc1ccc(O)cc1)NC(=O)[C@@H](N)CS)C(=O)N[C@@H](Cc1c[nH]c2ccccc12)C(=O)NCC(=O)N[C@@H](CCC(=O)O)C(=O)N[C@@H](CS)C(=O)O. The first-order valence-electron chi connectivity index (χ1n) is 23.3. The Morgan fingerprint density at radius 3 is 1.65 bits per heavy atom. The summed E-state index contributed by atoms with van der Waals surface area (Å²) in [6.45, 7) is 1.85. The number of amides is 8. The average molecular weight is 1060 g/mol. The van der Waals surface area contributed by atoms with Crippen LogP contribution in [0.2, 0.25) is 0 Å². The first-order chi connectivity index (χ1) is 35.2. The molecule has 0 unspecified atom stereocenters. The minimum absolute atomic E-state index is 0.0185. The maximum absolute atomic E-state index is 14.3. The van der Waals surface area contributed by atoms with Crippen molar-refractivity contribution in [3.63, 3.8) is 0 Å². The number of aromatic nitrogens is 1. The zero-order chi connectivity index (χ0) is 54.5. The summed E-state index contributed by atoms with van der Waals surface area (Å²) < 4.78 is 0. The third-order valence-corrected chi connectivity index (χ3v) is 12.2. The van der Waals surface area contributed by atoms with Crippen LogP contribution in [0.5, 0.6) is 5.75 Å². The lowest BCUT2D eigenvalue weighted by Crippen LogP contribution is -2.60. The highest BCUT2D eigenvalue weighted by atomic mass is 32.1. The molecule has 7 atom stereocenters. The number of hydrogen-bond donors (Lipinski definition) is 15. The van der Waals surface area contributed by atoms with Crippen LogP contribution in [0.3, 0.4) is 0 Å². The monoisotopic (exact) mass is 1060 g/mol. The number of rotatable bonds is 29. The minimum atomic E-state index is -1.51. The number of benzene rings is 3. The van der Waals surface area contributed by atoms with Crippen LogP contribution in [-0.2, 0) is 67.2 Å². The molecule has 4 aromatic rings. The molecule has 0 aliphatic heterocycles. The third kappa shape index (κ3) is 18.8. The second kappa shape index (κ2) is 29.2. The molecule has 8 amide bonds. The van der Waals surface area contributed by atoms with E-state index < -0.39 is 133 Å². The van der Waals surface area contributed by atoms with Gasteiger partial charge in [-0.3, -0.25) is 43.2 Å². The summed E-state index contributed by atoms with van der Waals surface area (Å²) >= 11 is 7.95. The van der Waals surface area contributed by atoms with Crippen LogP contribution >= 0.6 is 25.3 Å². The van der Waals surface area contributed by atoms with Crippen molar-refractivity contribution < 1.29 is 63.3 Å². The van der Waals surface area contributed by atoms with Gasteiger partial charge in [-0.2, -0.15) is 25.3 Å². The molecule has 25 heteroatoms. The van der Waals surface area contributed by atoms with Gasteiger partial charge >= 0.3 is 11.9 Å². The van der Waals surface area contributed by atoms with Gasteiger partial charge in [-0.25, -0.2) is 4.79 Å². The fraction of sp³-hybridized carbons (Fsp3) is 0.388. The maximum atomic E-state index is 14.3. The summed E-state index contributed by atoms with van der Waals surface area (Å²) in [5.74, 6) is -10.4. The lowest BCUT2D eigenvalue weighted by Gasteiger charge is -2.27. The fourth-order valence-electron chi connectivity index (χ4n) is 7.34. The Hall–Kier alpha value is -7.64. The number of thiol groups is 2. The van der Waals surface area contributed by atoms with E-state index in [1.807, 2.05) is 0 Å². The number of carbonyl (C=O) groups excluding carboxylic acids is 8. The van der Waals surface area contributed by atoms with Gasteiger partial charge in [0.05, 0.1) is 19.1 Å². The number of H-pyrrole nitrogens is 1. The number of carboxylic acids is 2. The second-order valence-electron chi connectivity index (χ2n) is 17.5. The predicted octanol–water partition coefficient (Wildman–Crippen LogP) is -1.17. The van der Waals surface area contributed by atoms with Crippen LogP contribution in [0.4, 0.5) is 0 Å². The molecule has 74 heavy (non-hydrogen) atoms. The largest absolute Gasteiger partial charge is 0.508 e. The number of para-hydroxylation sites is 1. The van der Waals surface area contributed by atoms with Crippen LogP contribution in [0.25, 0.3) is 10.9 Å². The van der Waals surface area contributed by atoms with Crippen molar-refractivity contribution in [2.75, 3.05) is 24.6 Å². The van der Waals surface area contributed by atoms with E-state index in [1.54, 1.807) is 86.8 Å². The summed E-state index contributed by atoms with van der Waals surface area (Å²) in [5, 5.41) is 49.0. The minimum Gasteiger partial charge on any atom is -0.508 e. The first-order valence-corrected chi connectivity index (χ1v) is 24.6. The number of carbonyl (C=O) groups is 10. The lowest BCUT2D eigenvalue weighted by molar-refractivity contribution is -0.142. The van der Waals surface area contributed by atoms with Crippen molar-refractivity contribution in [1.82, 2.24) is 47.5 Å². The Kier molecular flexibility index (Phi) is 23.2. The van der Waals surface area contributed by atoms with Crippen molar-refractivity contribution in [1.29, 1.82) is 0 Å². The summed E-state index contributed by atoms with van der Waals surface area (Å²) in [6.07, 6.45) is 0.393. The Bertz CT molecular complexity index is 2620. The van der Waals surface area contributed by atoms with Gasteiger partial charge in [0.15, 0.2) is 0 Å². The molecular formula is C49H62N10O13S2. The van der Waals surface area contributed by atoms with Gasteiger partial charge in [0.1, 0.15) is 42.0 Å². The maximum Gasteiger partial charge on any atom is 0.327 e. The Labute approximate surface area is 436 Å². The summed E-state index contributed by atoms with van der Waals surface area (Å²) in [7, 11) is 0. The van der Waals surface area contributed by atoms with E-state index in [-0.39, 0.29) is 36.5 Å². The van der Waals surface area contributed by atoms with Crippen LogP contribution in [-0.4, -0.2) is 146 Å². The molecule has 1 heterocycles. The highest BCUT2D eigenvalue weighted by molar-refractivity contribution is 7.80. The normalized spacial score (nSPS) is 13.9. The molecule has 0 aliphatic rings. The zero-order valence-corrected chi connectivity index (χ0v) is 42.3. The summed E-state index contributed by atoms with van der Waals surface area (Å²) in [4.78, 5) is 134. The molecule has 1 aromatic heterocycles. The third-order valence-electron chi connectivity index (χ3n) is 11.4. The smallest absolute Gasteiger partial charge is 0.327 e. The van der Waals surface area contributed by atoms with Crippen LogP contribution in [0.15, 0.2) is 85.1 Å². The molecular weight excluding hydrogens is 1000 g/mol. The number of carboxylic acid groups (broad SMARTS) is 2. The van der Waals surface area contributed by atoms with Gasteiger partial charge in [0.25, 0.3) is 0 Å². The van der Waals surface area contributed by atoms with Gasteiger partial charge in [-0.1, -0.05) is 74.5 Å². The molecule has 4 rings (SSSR count). The second-order valence-corrected chi connectivity index (χ2v) is 18.2. The summed E-state index contributed by atoms with van der Waals surface area (Å²) in [5.41, 5.74) is 8.32. The van der Waals surface area contributed by atoms with E-state index in [4.69, 9.17) is 5.73 Å². The van der Waals surface area contributed by atoms with E-state index in [9.17, 15) is 63.3 Å². The Morgan fingerprint density at radius 1 is 0.568 bits per heavy atom. The highest BCUT2D eigenvalue weighted by Crippen LogP contribution is 2.20. The van der Waals surface area contributed by atoms with E-state index in [1.165, 1.54) is 12.1 Å². The molecule has 0 saturated heterocycles. The highest BCUT2D eigenvalue weighted by Gasteiger charge is 2.33. The van der Waals surface area contributed by atoms with Crippen molar-refractivity contribution in [3.8, 4) is 5.75 Å². The van der Waals surface area contributed by atoms with E-state index in [0.29, 0.717) is 27.6 Å². The fourth-order valence-corrected chi connectivity index (χ4v) is 7.76. The molecule has 0 radical (unpaired) electrons. The lowest BCUT2D eigenvalue weighted by atomic mass is 9.99. The van der Waals surface area contributed by atoms with Crippen LogP contribution < -0.4 is 48.3 Å². The molecule has 0 aliphatic carbocycles. The van der Waals surface area contributed by atoms with Gasteiger partial charge in [-0.15, -0.1) is 0 Å². The number of aromatic hydroxyl groups is 1. The van der Waals surface area contributed by atoms with Crippen molar-refractivity contribution in [2.45, 2.75) is 88.2 Å². The number of nitrogens with two attached hydrogens (primary N) is 1. The zero-order valence-electron chi connectivity index (χ0n) is 40.5. The van der Waals surface area contributed by atoms with Gasteiger partial charge < -0.3 is 68.6 Å². The van der Waals surface area contributed by atoms with Crippen LogP contribution in [0.1, 0.15) is 43.4 Å². The van der Waals surface area contributed by atoms with Gasteiger partial charge in [-0.05, 0) is 47.2 Å². The van der Waals surface area contributed by atoms with Crippen molar-refractivity contribution in [3.05, 3.63) is 102 Å². The quantitative estimate of drug-likeness (QED) is 0.0285. The number of nitrogens with one attached hydrogen (secondary N) is 9. The molecule has 14 N–H and O–H groups in total. The molecule has 23 nitrogen and oxygen atoms in total. The predicted molar refractivity (Wildman–Crippen MR) is 277 cm³/mol. The number of hydrogen-bond acceptors (Lipinski definition) is 14. The van der Waals surface area contributed by atoms with Crippen LogP contribution in [0, 0.1) is 5.92 Å². The average Bonchev–Trinajstić information content (AvgIpc) is 3.78. The van der Waals surface area contributed by atoms with Gasteiger partial charge in [0, 0.05) is 54.3 Å². The standard InChI is InChI=1S/C49H62N10O13S2/c1-26(2)42(59-47(69)36(18-27-8-4-3-5-9-27)55-40(62)23-52-44(66)35(56-43(65)32(50)24-73)19-28-12-14-30(60)15-13-28)48(70)57-37(20-29-21-51-33-11-7-6-10-31(29)33)45(67)53-22-39(61)54-34(16-17-41(63)64)46(68)58-38(25-74)49(71)72/h3-15,21,26,32,34-38,42,51,60,73-74H,16-20,22-25,50H2,1-2H3,(H,52,66)(H,53,67)(H,54,61)(H,55,62)(H,56,65)(H,57,70)(H,58,68)(H,59,69)(H,63,64)(H,71,72)/t32-,34-,35-,36-,37-,38-,42-/m0/s1. The first kappa shape index (κ1) is 58.9. The molecule has 398 valence electrons. The molecule has 0 saturated carbocycles. The topological polar surface area (TPSA) is 369 Å². The molecule has 0 bridgehead atoms. The number of phenolic OH excluding ortho intramolecular Hbond substituents is 1. The van der Waals surface area contributed by atoms with Crippen molar-refractivity contribution in [2.24, 2.45) is 11.7 Å². The van der Waals surface area contributed by atoms with Gasteiger partial charge in [0.2, 0.25) is 47.3 Å². The van der Waals surface area contributed by atoms with E-state index in [0.717, 1.165) is 0 Å². The molecule has 0 spiro atoms. The number of aromatic amines is 1. The van der Waals surface area contributed by atoms with Crippen molar-refractivity contribution >= 4 is 95.4 Å². The number of fused-ring (bicyclic) bond motifs is 1. The van der Waals surface area contributed by atoms with E-state index in [2.05, 4.69) is 72.8 Å². The number of phenols is 1. The Balaban J connectivity index is 1.52. The molecule has 0 fully saturated rings. The van der Waals surface area contributed by atoms with E-state index >= 15 is 0 Å². The molecule has 3 aromatic carbocycles. The Morgan fingerprint density at radius 2 is 1.08 bits per heavy atom. The number of aliphatic carboxylic acids is 2.